The van der Waals surface area contributed by atoms with E-state index in [1.807, 2.05) is 54.2 Å². The van der Waals surface area contributed by atoms with Crippen LogP contribution in [-0.2, 0) is 10.0 Å². The van der Waals surface area contributed by atoms with E-state index >= 15 is 0 Å². The second-order valence-corrected chi connectivity index (χ2v) is 8.89. The van der Waals surface area contributed by atoms with E-state index in [2.05, 4.69) is 9.80 Å². The van der Waals surface area contributed by atoms with Crippen molar-refractivity contribution >= 4 is 10.0 Å². The highest BCUT2D eigenvalue weighted by atomic mass is 32.2. The smallest absolute Gasteiger partial charge is 0.243 e. The van der Waals surface area contributed by atoms with Crippen molar-refractivity contribution in [1.29, 1.82) is 0 Å². The van der Waals surface area contributed by atoms with E-state index in [0.717, 1.165) is 37.1 Å². The minimum absolute atomic E-state index is 0.442. The van der Waals surface area contributed by atoms with E-state index in [9.17, 15) is 8.42 Å². The van der Waals surface area contributed by atoms with Gasteiger partial charge in [0.2, 0.25) is 10.0 Å². The fraction of sp³-hybridized carbons (Fsp3) is 0.667. The molecule has 138 valence electrons. The van der Waals surface area contributed by atoms with Crippen LogP contribution in [0.3, 0.4) is 0 Å². The van der Waals surface area contributed by atoms with Crippen molar-refractivity contribution in [3.8, 4) is 0 Å². The predicted octanol–water partition coefficient (Wildman–Crippen LogP) is 2.20. The van der Waals surface area contributed by atoms with E-state index in [1.54, 1.807) is 10.4 Å². The van der Waals surface area contributed by atoms with Crippen LogP contribution in [0.2, 0.25) is 0 Å². The van der Waals surface area contributed by atoms with Crippen LogP contribution < -0.4 is 0 Å². The van der Waals surface area contributed by atoms with Gasteiger partial charge in [-0.1, -0.05) is 12.1 Å². The Hall–Kier alpha value is -0.950. The van der Waals surface area contributed by atoms with E-state index in [4.69, 9.17) is 0 Å². The van der Waals surface area contributed by atoms with Crippen molar-refractivity contribution in [3.05, 3.63) is 29.3 Å². The van der Waals surface area contributed by atoms with Gasteiger partial charge >= 0.3 is 0 Å². The molecule has 5 nitrogen and oxygen atoms in total. The van der Waals surface area contributed by atoms with Gasteiger partial charge in [0.15, 0.2) is 0 Å². The van der Waals surface area contributed by atoms with Gasteiger partial charge in [0.25, 0.3) is 0 Å². The number of sulfonamides is 1. The van der Waals surface area contributed by atoms with Crippen LogP contribution in [-0.4, -0.2) is 76.9 Å². The number of benzene rings is 1. The third-order valence-corrected chi connectivity index (χ3v) is 6.03. The molecule has 0 heterocycles. The van der Waals surface area contributed by atoms with Gasteiger partial charge in [-0.3, -0.25) is 0 Å². The van der Waals surface area contributed by atoms with Gasteiger partial charge in [-0.05, 0) is 85.2 Å². The minimum atomic E-state index is -3.45. The Bertz CT molecular complexity index is 599. The topological polar surface area (TPSA) is 43.9 Å². The predicted molar refractivity (Wildman–Crippen MR) is 101 cm³/mol. The number of aryl methyl sites for hydroxylation is 2. The normalized spacial score (nSPS) is 12.5. The van der Waals surface area contributed by atoms with Crippen LogP contribution in [0.4, 0.5) is 0 Å². The number of rotatable bonds is 10. The van der Waals surface area contributed by atoms with Gasteiger partial charge in [-0.2, -0.15) is 4.31 Å². The average molecular weight is 356 g/mol. The molecule has 0 unspecified atom stereocenters. The van der Waals surface area contributed by atoms with E-state index in [1.165, 1.54) is 0 Å². The van der Waals surface area contributed by atoms with E-state index < -0.39 is 10.0 Å². The molecular formula is C18H33N3O2S. The highest BCUT2D eigenvalue weighted by Crippen LogP contribution is 2.22. The monoisotopic (exact) mass is 355 g/mol. The fourth-order valence-corrected chi connectivity index (χ4v) is 4.43. The summed E-state index contributed by atoms with van der Waals surface area (Å²) in [5.74, 6) is 0. The molecule has 0 spiro atoms. The van der Waals surface area contributed by atoms with Crippen molar-refractivity contribution in [2.75, 3.05) is 54.4 Å². The first-order valence-electron chi connectivity index (χ1n) is 8.51. The second kappa shape index (κ2) is 9.51. The van der Waals surface area contributed by atoms with Gasteiger partial charge in [0.05, 0.1) is 4.90 Å². The summed E-state index contributed by atoms with van der Waals surface area (Å²) < 4.78 is 28.0. The molecule has 6 heteroatoms. The molecule has 0 radical (unpaired) electrons. The van der Waals surface area contributed by atoms with Crippen molar-refractivity contribution < 1.29 is 8.42 Å². The first-order valence-corrected chi connectivity index (χ1v) is 9.95. The van der Waals surface area contributed by atoms with Gasteiger partial charge in [0.1, 0.15) is 0 Å². The van der Waals surface area contributed by atoms with E-state index in [0.29, 0.717) is 18.0 Å². The Balaban J connectivity index is 2.98. The summed E-state index contributed by atoms with van der Waals surface area (Å²) in [6.45, 7) is 6.67. The van der Waals surface area contributed by atoms with Gasteiger partial charge < -0.3 is 9.80 Å². The molecule has 0 fully saturated rings. The lowest BCUT2D eigenvalue weighted by molar-refractivity contribution is 0.326. The third kappa shape index (κ3) is 6.51. The molecule has 0 saturated heterocycles. The van der Waals surface area contributed by atoms with Crippen molar-refractivity contribution in [2.45, 2.75) is 31.6 Å². The third-order valence-electron chi connectivity index (χ3n) is 3.99. The SMILES string of the molecule is Cc1ccc(C)c(S(=O)(=O)N(CCCN(C)C)CCCN(C)C)c1. The number of nitrogens with zero attached hydrogens (tertiary/aromatic N) is 3. The Morgan fingerprint density at radius 3 is 1.79 bits per heavy atom. The Morgan fingerprint density at radius 1 is 0.833 bits per heavy atom. The van der Waals surface area contributed by atoms with Crippen LogP contribution >= 0.6 is 0 Å². The van der Waals surface area contributed by atoms with Crippen LogP contribution in [0.25, 0.3) is 0 Å². The van der Waals surface area contributed by atoms with Crippen molar-refractivity contribution in [3.63, 3.8) is 0 Å². The number of hydrogen-bond acceptors (Lipinski definition) is 4. The molecule has 24 heavy (non-hydrogen) atoms. The summed E-state index contributed by atoms with van der Waals surface area (Å²) in [6.07, 6.45) is 1.66. The molecule has 0 aliphatic carbocycles. The molecule has 1 aromatic rings. The molecular weight excluding hydrogens is 322 g/mol. The first kappa shape index (κ1) is 21.1. The maximum Gasteiger partial charge on any atom is 0.243 e. The Kier molecular flexibility index (Phi) is 8.36. The lowest BCUT2D eigenvalue weighted by Crippen LogP contribution is -2.35. The lowest BCUT2D eigenvalue weighted by Gasteiger charge is -2.24. The largest absolute Gasteiger partial charge is 0.309 e. The van der Waals surface area contributed by atoms with Crippen LogP contribution in [0.15, 0.2) is 23.1 Å². The van der Waals surface area contributed by atoms with Gasteiger partial charge in [0, 0.05) is 13.1 Å². The fourth-order valence-electron chi connectivity index (χ4n) is 2.60. The van der Waals surface area contributed by atoms with Crippen LogP contribution in [0, 0.1) is 13.8 Å². The molecule has 0 amide bonds. The van der Waals surface area contributed by atoms with Gasteiger partial charge in [-0.15, -0.1) is 0 Å². The lowest BCUT2D eigenvalue weighted by atomic mass is 10.2. The highest BCUT2D eigenvalue weighted by Gasteiger charge is 2.25. The summed E-state index contributed by atoms with van der Waals surface area (Å²) in [4.78, 5) is 4.61. The summed E-state index contributed by atoms with van der Waals surface area (Å²) >= 11 is 0. The summed E-state index contributed by atoms with van der Waals surface area (Å²) in [6, 6.07) is 5.63. The zero-order valence-electron chi connectivity index (χ0n) is 16.0. The minimum Gasteiger partial charge on any atom is -0.309 e. The molecule has 1 rings (SSSR count). The van der Waals surface area contributed by atoms with Crippen LogP contribution in [0.5, 0.6) is 0 Å². The highest BCUT2D eigenvalue weighted by molar-refractivity contribution is 7.89. The van der Waals surface area contributed by atoms with Gasteiger partial charge in [-0.25, -0.2) is 8.42 Å². The van der Waals surface area contributed by atoms with Crippen molar-refractivity contribution in [1.82, 2.24) is 14.1 Å². The van der Waals surface area contributed by atoms with Crippen LogP contribution in [0.1, 0.15) is 24.0 Å². The second-order valence-electron chi connectivity index (χ2n) is 6.99. The van der Waals surface area contributed by atoms with Crippen molar-refractivity contribution in [2.24, 2.45) is 0 Å². The molecule has 0 aromatic heterocycles. The average Bonchev–Trinajstić information content (AvgIpc) is 2.47. The summed E-state index contributed by atoms with van der Waals surface area (Å²) in [7, 11) is 4.58. The molecule has 0 aliphatic heterocycles. The number of hydrogen-bond donors (Lipinski definition) is 0. The molecule has 0 N–H and O–H groups in total. The maximum absolute atomic E-state index is 13.2. The molecule has 0 atom stereocenters. The quantitative estimate of drug-likeness (QED) is 0.645. The summed E-state index contributed by atoms with van der Waals surface area (Å²) in [5.41, 5.74) is 1.78. The molecule has 0 saturated carbocycles. The standard InChI is InChI=1S/C18H33N3O2S/c1-16-9-10-17(2)18(15-16)24(22,23)21(13-7-11-19(3)4)14-8-12-20(5)6/h9-10,15H,7-8,11-14H2,1-6H3. The zero-order chi connectivity index (χ0) is 18.3. The maximum atomic E-state index is 13.2. The van der Waals surface area contributed by atoms with E-state index in [-0.39, 0.29) is 0 Å². The summed E-state index contributed by atoms with van der Waals surface area (Å²) in [5, 5.41) is 0. The molecule has 0 bridgehead atoms. The Morgan fingerprint density at radius 2 is 1.33 bits per heavy atom. The first-order chi connectivity index (χ1) is 11.1. The molecule has 1 aromatic carbocycles. The molecule has 0 aliphatic rings. The zero-order valence-corrected chi connectivity index (χ0v) is 16.9. The Labute approximate surface area is 148 Å².